The first-order valence-corrected chi connectivity index (χ1v) is 17.9. The molecule has 6 aromatic carbocycles. The Labute approximate surface area is 295 Å². The quantitative estimate of drug-likeness (QED) is 0.174. The molecule has 10 rings (SSSR count). The van der Waals surface area contributed by atoms with E-state index in [1.165, 1.54) is 77.9 Å². The number of hydrogen-bond acceptors (Lipinski definition) is 1. The predicted molar refractivity (Wildman–Crippen MR) is 210 cm³/mol. The highest BCUT2D eigenvalue weighted by molar-refractivity contribution is 5.94. The van der Waals surface area contributed by atoms with E-state index in [0.717, 1.165) is 22.3 Å². The van der Waals surface area contributed by atoms with Gasteiger partial charge < -0.3 is 4.42 Å². The van der Waals surface area contributed by atoms with Gasteiger partial charge in [0.1, 0.15) is 11.3 Å². The highest BCUT2D eigenvalue weighted by Crippen LogP contribution is 2.59. The molecule has 3 aliphatic rings. The lowest BCUT2D eigenvalue weighted by Crippen LogP contribution is -2.17. The summed E-state index contributed by atoms with van der Waals surface area (Å²) < 4.78 is 6.30. The lowest BCUT2D eigenvalue weighted by atomic mass is 9.78. The molecular weight excluding hydrogens is 605 g/mol. The minimum absolute atomic E-state index is 0.0948. The van der Waals surface area contributed by atoms with E-state index in [4.69, 9.17) is 4.42 Å². The molecule has 0 spiro atoms. The fourth-order valence-corrected chi connectivity index (χ4v) is 9.34. The van der Waals surface area contributed by atoms with Crippen molar-refractivity contribution in [1.29, 1.82) is 0 Å². The lowest BCUT2D eigenvalue weighted by molar-refractivity contribution is 0.630. The van der Waals surface area contributed by atoms with Crippen molar-refractivity contribution < 1.29 is 4.42 Å². The molecule has 50 heavy (non-hydrogen) atoms. The average Bonchev–Trinajstić information content (AvgIpc) is 3.78. The molecule has 1 heteroatoms. The van der Waals surface area contributed by atoms with Gasteiger partial charge in [0.25, 0.3) is 0 Å². The normalized spacial score (nSPS) is 16.6. The maximum atomic E-state index is 6.30. The summed E-state index contributed by atoms with van der Waals surface area (Å²) in [6.07, 6.45) is 4.46. The molecule has 0 bridgehead atoms. The van der Waals surface area contributed by atoms with Crippen molar-refractivity contribution in [3.8, 4) is 44.7 Å². The standard InChI is InChI=1S/C49H40O/c1-47(2)39-22-30(17-16-29-12-8-7-9-13-29)18-20-33(39)35-25-43-37(27-41(35)47)38-28-42-36(26-44(38)49(43,5)6)34-21-19-32(23-40(34)48(42,3)4)46-24-31-14-10-11-15-45(31)50-46/h7-28H,1-6H3. The summed E-state index contributed by atoms with van der Waals surface area (Å²) >= 11 is 0. The molecule has 1 nitrogen and oxygen atoms in total. The zero-order chi connectivity index (χ0) is 34.2. The van der Waals surface area contributed by atoms with E-state index in [1.807, 2.05) is 12.1 Å². The van der Waals surface area contributed by atoms with Crippen molar-refractivity contribution >= 4 is 23.1 Å². The first-order chi connectivity index (χ1) is 24.0. The number of fused-ring (bicyclic) bond motifs is 10. The number of rotatable bonds is 3. The van der Waals surface area contributed by atoms with Crippen molar-refractivity contribution in [2.45, 2.75) is 57.8 Å². The fourth-order valence-electron chi connectivity index (χ4n) is 9.34. The Kier molecular flexibility index (Phi) is 5.82. The van der Waals surface area contributed by atoms with Crippen LogP contribution in [0.15, 0.2) is 126 Å². The number of furan rings is 1. The highest BCUT2D eigenvalue weighted by Gasteiger charge is 2.44. The van der Waals surface area contributed by atoms with Gasteiger partial charge in [0.05, 0.1) is 0 Å². The van der Waals surface area contributed by atoms with E-state index in [-0.39, 0.29) is 16.2 Å². The van der Waals surface area contributed by atoms with Crippen LogP contribution in [-0.2, 0) is 16.2 Å². The number of para-hydroxylation sites is 1. The van der Waals surface area contributed by atoms with E-state index in [9.17, 15) is 0 Å². The van der Waals surface area contributed by atoms with Crippen molar-refractivity contribution in [3.05, 3.63) is 166 Å². The van der Waals surface area contributed by atoms with Crippen molar-refractivity contribution in [2.75, 3.05) is 0 Å². The van der Waals surface area contributed by atoms with Gasteiger partial charge in [0, 0.05) is 27.2 Å². The van der Waals surface area contributed by atoms with Crippen molar-refractivity contribution in [3.63, 3.8) is 0 Å². The van der Waals surface area contributed by atoms with E-state index < -0.39 is 0 Å². The molecule has 0 amide bonds. The second kappa shape index (κ2) is 9.86. The van der Waals surface area contributed by atoms with Gasteiger partial charge >= 0.3 is 0 Å². The van der Waals surface area contributed by atoms with Gasteiger partial charge in [0.15, 0.2) is 0 Å². The zero-order valence-corrected chi connectivity index (χ0v) is 29.6. The molecule has 3 aliphatic carbocycles. The van der Waals surface area contributed by atoms with E-state index in [1.54, 1.807) is 0 Å². The molecule has 0 atom stereocenters. The second-order valence-electron chi connectivity index (χ2n) is 16.2. The van der Waals surface area contributed by atoms with Crippen LogP contribution in [0, 0.1) is 0 Å². The molecule has 0 unspecified atom stereocenters. The summed E-state index contributed by atoms with van der Waals surface area (Å²) in [5.41, 5.74) is 20.9. The third-order valence-corrected chi connectivity index (χ3v) is 12.3. The van der Waals surface area contributed by atoms with Crippen LogP contribution in [0.2, 0.25) is 0 Å². The maximum Gasteiger partial charge on any atom is 0.135 e. The van der Waals surface area contributed by atoms with Gasteiger partial charge in [-0.15, -0.1) is 0 Å². The second-order valence-corrected chi connectivity index (χ2v) is 16.2. The summed E-state index contributed by atoms with van der Waals surface area (Å²) in [6.45, 7) is 14.4. The summed E-state index contributed by atoms with van der Waals surface area (Å²) in [5, 5.41) is 1.14. The Morgan fingerprint density at radius 2 is 0.880 bits per heavy atom. The summed E-state index contributed by atoms with van der Waals surface area (Å²) in [6, 6.07) is 45.1. The first kappa shape index (κ1) is 29.5. The summed E-state index contributed by atoms with van der Waals surface area (Å²) in [7, 11) is 0. The Morgan fingerprint density at radius 3 is 1.48 bits per heavy atom. The van der Waals surface area contributed by atoms with E-state index in [0.29, 0.717) is 0 Å². The van der Waals surface area contributed by atoms with Crippen LogP contribution in [0.4, 0.5) is 0 Å². The van der Waals surface area contributed by atoms with Crippen LogP contribution < -0.4 is 0 Å². The lowest BCUT2D eigenvalue weighted by Gasteiger charge is -2.25. The van der Waals surface area contributed by atoms with Gasteiger partial charge in [-0.25, -0.2) is 0 Å². The molecule has 0 saturated carbocycles. The summed E-state index contributed by atoms with van der Waals surface area (Å²) in [4.78, 5) is 0. The van der Waals surface area contributed by atoms with Gasteiger partial charge in [-0.1, -0.05) is 133 Å². The smallest absolute Gasteiger partial charge is 0.135 e. The van der Waals surface area contributed by atoms with Crippen LogP contribution in [-0.4, -0.2) is 0 Å². The predicted octanol–water partition coefficient (Wildman–Crippen LogP) is 13.2. The number of hydrogen-bond donors (Lipinski definition) is 0. The molecule has 1 heterocycles. The molecule has 0 radical (unpaired) electrons. The van der Waals surface area contributed by atoms with E-state index in [2.05, 4.69) is 163 Å². The number of benzene rings is 6. The molecule has 1 aromatic heterocycles. The Bertz CT molecular complexity index is 2570. The molecule has 0 N–H and O–H groups in total. The largest absolute Gasteiger partial charge is 0.456 e. The van der Waals surface area contributed by atoms with Crippen molar-refractivity contribution in [1.82, 2.24) is 0 Å². The first-order valence-electron chi connectivity index (χ1n) is 17.9. The van der Waals surface area contributed by atoms with Gasteiger partial charge in [0.2, 0.25) is 0 Å². The Morgan fingerprint density at radius 1 is 0.400 bits per heavy atom. The SMILES string of the molecule is CC1(C)c2cc(C=Cc3ccccc3)ccc2-c2cc3c(cc21)-c1cc2c(cc1C3(C)C)-c1ccc(-c3cc4ccccc4o3)cc1C2(C)C. The van der Waals surface area contributed by atoms with Crippen LogP contribution in [0.1, 0.15) is 86.1 Å². The van der Waals surface area contributed by atoms with Crippen LogP contribution in [0.5, 0.6) is 0 Å². The molecule has 7 aromatic rings. The Balaban J connectivity index is 1.06. The molecule has 0 aliphatic heterocycles. The third-order valence-electron chi connectivity index (χ3n) is 12.3. The average molecular weight is 645 g/mol. The summed E-state index contributed by atoms with van der Waals surface area (Å²) in [5.74, 6) is 0.926. The Hall–Kier alpha value is -5.40. The van der Waals surface area contributed by atoms with E-state index >= 15 is 0 Å². The third kappa shape index (κ3) is 3.95. The van der Waals surface area contributed by atoms with Gasteiger partial charge in [-0.3, -0.25) is 0 Å². The van der Waals surface area contributed by atoms with Crippen LogP contribution in [0.25, 0.3) is 67.8 Å². The van der Waals surface area contributed by atoms with Crippen LogP contribution in [0.3, 0.4) is 0 Å². The zero-order valence-electron chi connectivity index (χ0n) is 29.6. The topological polar surface area (TPSA) is 13.1 Å². The van der Waals surface area contributed by atoms with Crippen molar-refractivity contribution in [2.24, 2.45) is 0 Å². The molecular formula is C49H40O. The highest BCUT2D eigenvalue weighted by atomic mass is 16.3. The van der Waals surface area contributed by atoms with Gasteiger partial charge in [-0.2, -0.15) is 0 Å². The minimum Gasteiger partial charge on any atom is -0.456 e. The molecule has 242 valence electrons. The minimum atomic E-state index is -0.134. The molecule has 0 saturated heterocycles. The van der Waals surface area contributed by atoms with Crippen LogP contribution >= 0.6 is 0 Å². The van der Waals surface area contributed by atoms with Gasteiger partial charge in [-0.05, 0) is 120 Å². The molecule has 0 fully saturated rings. The monoisotopic (exact) mass is 644 g/mol. The maximum absolute atomic E-state index is 6.30. The fraction of sp³-hybridized carbons (Fsp3) is 0.184.